The van der Waals surface area contributed by atoms with Crippen molar-refractivity contribution < 1.29 is 4.74 Å². The zero-order chi connectivity index (χ0) is 16.1. The summed E-state index contributed by atoms with van der Waals surface area (Å²) in [6.45, 7) is 5.86. The summed E-state index contributed by atoms with van der Waals surface area (Å²) in [5.74, 6) is 0. The van der Waals surface area contributed by atoms with E-state index in [1.165, 1.54) is 57.1 Å². The number of unbranched alkanes of at least 4 members (excludes halogenated alkanes) is 1. The quantitative estimate of drug-likeness (QED) is 0.642. The molecule has 2 heteroatoms. The van der Waals surface area contributed by atoms with Crippen LogP contribution < -0.4 is 0 Å². The van der Waals surface area contributed by atoms with Crippen LogP contribution in [0.2, 0.25) is 0 Å². The Balaban J connectivity index is 1.60. The van der Waals surface area contributed by atoms with Crippen molar-refractivity contribution in [3.8, 4) is 0 Å². The van der Waals surface area contributed by atoms with E-state index in [1.54, 1.807) is 0 Å². The van der Waals surface area contributed by atoms with Crippen LogP contribution in [0.25, 0.3) is 0 Å². The van der Waals surface area contributed by atoms with Crippen LogP contribution in [-0.2, 0) is 4.74 Å². The fraction of sp³-hybridized carbons (Fsp3) is 0.714. The molecule has 4 atom stereocenters. The summed E-state index contributed by atoms with van der Waals surface area (Å²) in [7, 11) is 0. The van der Waals surface area contributed by atoms with Gasteiger partial charge in [0.1, 0.15) is 0 Å². The standard InChI is InChI=1S/C21H33NO/c1-3-5-14-22-18-12-13-19(22)16-20(15-18)23-21(9-4-2)17-10-7-6-8-11-17/h6-8,10-11,18-21H,3-5,9,12-16H2,1-2H3/t18-,19+,20?,21?. The maximum absolute atomic E-state index is 6.62. The molecule has 128 valence electrons. The highest BCUT2D eigenvalue weighted by Crippen LogP contribution is 2.39. The van der Waals surface area contributed by atoms with Crippen LogP contribution in [0.4, 0.5) is 0 Å². The number of hydrogen-bond acceptors (Lipinski definition) is 2. The zero-order valence-electron chi connectivity index (χ0n) is 14.9. The molecule has 0 saturated carbocycles. The van der Waals surface area contributed by atoms with Crippen molar-refractivity contribution in [2.75, 3.05) is 6.54 Å². The first-order valence-corrected chi connectivity index (χ1v) is 9.78. The van der Waals surface area contributed by atoms with Gasteiger partial charge >= 0.3 is 0 Å². The maximum atomic E-state index is 6.62. The highest BCUT2D eigenvalue weighted by Gasteiger charge is 2.41. The van der Waals surface area contributed by atoms with Gasteiger partial charge in [0.2, 0.25) is 0 Å². The van der Waals surface area contributed by atoms with Gasteiger partial charge in [0.25, 0.3) is 0 Å². The van der Waals surface area contributed by atoms with Crippen LogP contribution in [-0.4, -0.2) is 29.6 Å². The molecule has 3 rings (SSSR count). The zero-order valence-corrected chi connectivity index (χ0v) is 14.9. The monoisotopic (exact) mass is 315 g/mol. The third-order valence-corrected chi connectivity index (χ3v) is 5.69. The van der Waals surface area contributed by atoms with E-state index in [4.69, 9.17) is 4.74 Å². The van der Waals surface area contributed by atoms with Gasteiger partial charge in [-0.2, -0.15) is 0 Å². The average Bonchev–Trinajstić information content (AvgIpc) is 2.82. The molecule has 0 spiro atoms. The molecule has 2 saturated heterocycles. The van der Waals surface area contributed by atoms with E-state index in [-0.39, 0.29) is 6.10 Å². The number of ether oxygens (including phenoxy) is 1. The fourth-order valence-corrected chi connectivity index (χ4v) is 4.52. The molecular weight excluding hydrogens is 282 g/mol. The summed E-state index contributed by atoms with van der Waals surface area (Å²) < 4.78 is 6.62. The SMILES string of the molecule is CCCCN1[C@@H]2CC[C@H]1CC(OC(CCC)c1ccccc1)C2. The lowest BCUT2D eigenvalue weighted by Crippen LogP contribution is -2.46. The Hall–Kier alpha value is -0.860. The molecule has 2 aliphatic heterocycles. The summed E-state index contributed by atoms with van der Waals surface area (Å²) >= 11 is 0. The van der Waals surface area contributed by atoms with E-state index < -0.39 is 0 Å². The molecule has 1 aromatic rings. The largest absolute Gasteiger partial charge is 0.370 e. The van der Waals surface area contributed by atoms with E-state index in [1.807, 2.05) is 0 Å². The Morgan fingerprint density at radius 1 is 1.04 bits per heavy atom. The van der Waals surface area contributed by atoms with E-state index in [9.17, 15) is 0 Å². The van der Waals surface area contributed by atoms with Crippen LogP contribution in [0.15, 0.2) is 30.3 Å². The van der Waals surface area contributed by atoms with Crippen molar-refractivity contribution in [2.45, 2.75) is 89.5 Å². The number of benzene rings is 1. The van der Waals surface area contributed by atoms with Gasteiger partial charge in [-0.15, -0.1) is 0 Å². The number of nitrogens with zero attached hydrogens (tertiary/aromatic N) is 1. The highest BCUT2D eigenvalue weighted by atomic mass is 16.5. The molecule has 2 unspecified atom stereocenters. The van der Waals surface area contributed by atoms with Crippen molar-refractivity contribution in [3.63, 3.8) is 0 Å². The minimum atomic E-state index is 0.285. The average molecular weight is 316 g/mol. The second-order valence-electron chi connectivity index (χ2n) is 7.39. The molecule has 1 aromatic carbocycles. The summed E-state index contributed by atoms with van der Waals surface area (Å²) in [5, 5.41) is 0. The first-order valence-electron chi connectivity index (χ1n) is 9.78. The smallest absolute Gasteiger partial charge is 0.0828 e. The lowest BCUT2D eigenvalue weighted by atomic mass is 9.98. The van der Waals surface area contributed by atoms with Crippen molar-refractivity contribution in [2.24, 2.45) is 0 Å². The lowest BCUT2D eigenvalue weighted by molar-refractivity contribution is -0.0655. The molecular formula is C21H33NO. The van der Waals surface area contributed by atoms with Crippen LogP contribution in [0, 0.1) is 0 Å². The molecule has 2 nitrogen and oxygen atoms in total. The summed E-state index contributed by atoms with van der Waals surface area (Å²) in [5.41, 5.74) is 1.36. The van der Waals surface area contributed by atoms with Gasteiger partial charge in [0.15, 0.2) is 0 Å². The summed E-state index contributed by atoms with van der Waals surface area (Å²) in [4.78, 5) is 2.79. The lowest BCUT2D eigenvalue weighted by Gasteiger charge is -2.40. The number of hydrogen-bond donors (Lipinski definition) is 0. The minimum Gasteiger partial charge on any atom is -0.370 e. The third-order valence-electron chi connectivity index (χ3n) is 5.69. The second kappa shape index (κ2) is 8.30. The molecule has 23 heavy (non-hydrogen) atoms. The summed E-state index contributed by atoms with van der Waals surface area (Å²) in [6, 6.07) is 12.4. The molecule has 0 N–H and O–H groups in total. The van der Waals surface area contributed by atoms with Gasteiger partial charge < -0.3 is 4.74 Å². The van der Waals surface area contributed by atoms with E-state index in [2.05, 4.69) is 49.1 Å². The predicted octanol–water partition coefficient (Wildman–Crippen LogP) is 5.34. The van der Waals surface area contributed by atoms with Crippen molar-refractivity contribution in [3.05, 3.63) is 35.9 Å². The van der Waals surface area contributed by atoms with Gasteiger partial charge in [0, 0.05) is 12.1 Å². The molecule has 0 amide bonds. The Bertz CT molecular complexity index is 446. The predicted molar refractivity (Wildman–Crippen MR) is 96.6 cm³/mol. The van der Waals surface area contributed by atoms with Crippen LogP contribution in [0.3, 0.4) is 0 Å². The topological polar surface area (TPSA) is 12.5 Å². The molecule has 2 bridgehead atoms. The van der Waals surface area contributed by atoms with Crippen LogP contribution in [0.5, 0.6) is 0 Å². The Kier molecular flexibility index (Phi) is 6.13. The van der Waals surface area contributed by atoms with Crippen LogP contribution >= 0.6 is 0 Å². The molecule has 2 fully saturated rings. The van der Waals surface area contributed by atoms with Crippen molar-refractivity contribution in [1.29, 1.82) is 0 Å². The summed E-state index contributed by atoms with van der Waals surface area (Å²) in [6.07, 6.45) is 11.0. The Labute approximate surface area is 142 Å². The molecule has 0 aromatic heterocycles. The van der Waals surface area contributed by atoms with E-state index in [0.717, 1.165) is 18.5 Å². The number of fused-ring (bicyclic) bond motifs is 2. The molecule has 0 aliphatic carbocycles. The number of rotatable bonds is 8. The maximum Gasteiger partial charge on any atom is 0.0828 e. The van der Waals surface area contributed by atoms with Gasteiger partial charge in [0.05, 0.1) is 12.2 Å². The van der Waals surface area contributed by atoms with Gasteiger partial charge in [-0.05, 0) is 50.6 Å². The molecule has 0 radical (unpaired) electrons. The van der Waals surface area contributed by atoms with Gasteiger partial charge in [-0.25, -0.2) is 0 Å². The second-order valence-corrected chi connectivity index (χ2v) is 7.39. The molecule has 2 heterocycles. The Morgan fingerprint density at radius 2 is 1.74 bits per heavy atom. The Morgan fingerprint density at radius 3 is 2.35 bits per heavy atom. The fourth-order valence-electron chi connectivity index (χ4n) is 4.52. The normalized spacial score (nSPS) is 28.9. The van der Waals surface area contributed by atoms with Gasteiger partial charge in [-0.1, -0.05) is 57.0 Å². The minimum absolute atomic E-state index is 0.285. The first-order chi connectivity index (χ1) is 11.3. The third kappa shape index (κ3) is 4.16. The van der Waals surface area contributed by atoms with Crippen LogP contribution in [0.1, 0.15) is 76.9 Å². The van der Waals surface area contributed by atoms with Gasteiger partial charge in [-0.3, -0.25) is 4.90 Å². The van der Waals surface area contributed by atoms with Crippen molar-refractivity contribution in [1.82, 2.24) is 4.90 Å². The number of piperidine rings is 1. The van der Waals surface area contributed by atoms with E-state index >= 15 is 0 Å². The molecule has 2 aliphatic rings. The first kappa shape index (κ1) is 17.0. The van der Waals surface area contributed by atoms with E-state index in [0.29, 0.717) is 6.10 Å². The van der Waals surface area contributed by atoms with Crippen molar-refractivity contribution >= 4 is 0 Å². The highest BCUT2D eigenvalue weighted by molar-refractivity contribution is 5.17.